The molecule has 1 aromatic rings. The summed E-state index contributed by atoms with van der Waals surface area (Å²) < 4.78 is 10.4. The number of alkyl carbamates (subject to hydrolysis) is 1. The van der Waals surface area contributed by atoms with Gasteiger partial charge >= 0.3 is 12.1 Å². The van der Waals surface area contributed by atoms with Crippen LogP contribution in [0.2, 0.25) is 0 Å². The van der Waals surface area contributed by atoms with Gasteiger partial charge in [-0.3, -0.25) is 4.79 Å². The Morgan fingerprint density at radius 1 is 1.03 bits per heavy atom. The van der Waals surface area contributed by atoms with E-state index in [1.807, 2.05) is 44.2 Å². The number of benzene rings is 1. The third-order valence-corrected chi connectivity index (χ3v) is 4.24. The van der Waals surface area contributed by atoms with Crippen molar-refractivity contribution in [1.82, 2.24) is 10.6 Å². The molecule has 3 atom stereocenters. The van der Waals surface area contributed by atoms with E-state index in [2.05, 4.69) is 10.6 Å². The Bertz CT molecular complexity index is 715. The molecule has 0 unspecified atom stereocenters. The molecular formula is C23H36N2O6. The molecule has 0 aromatic heterocycles. The molecule has 0 aliphatic carbocycles. The van der Waals surface area contributed by atoms with Gasteiger partial charge in [-0.05, 0) is 45.6 Å². The van der Waals surface area contributed by atoms with Crippen LogP contribution in [0.4, 0.5) is 4.79 Å². The van der Waals surface area contributed by atoms with Crippen molar-refractivity contribution in [3.05, 3.63) is 35.9 Å². The highest BCUT2D eigenvalue weighted by Crippen LogP contribution is 2.13. The van der Waals surface area contributed by atoms with E-state index in [0.29, 0.717) is 6.42 Å². The van der Waals surface area contributed by atoms with Gasteiger partial charge in [-0.1, -0.05) is 44.2 Å². The first-order chi connectivity index (χ1) is 14.4. The Morgan fingerprint density at radius 2 is 1.65 bits per heavy atom. The first-order valence-corrected chi connectivity index (χ1v) is 10.5. The summed E-state index contributed by atoms with van der Waals surface area (Å²) in [6.45, 7) is 10.7. The maximum absolute atomic E-state index is 12.3. The predicted molar refractivity (Wildman–Crippen MR) is 117 cm³/mol. The topological polar surface area (TPSA) is 114 Å². The number of carbonyl (C=O) groups excluding carboxylic acids is 3. The van der Waals surface area contributed by atoms with Gasteiger partial charge in [-0.25, -0.2) is 9.59 Å². The Kier molecular flexibility index (Phi) is 10.5. The van der Waals surface area contributed by atoms with Gasteiger partial charge < -0.3 is 25.2 Å². The first kappa shape index (κ1) is 26.4. The maximum atomic E-state index is 12.3. The van der Waals surface area contributed by atoms with E-state index in [9.17, 15) is 19.5 Å². The zero-order valence-electron chi connectivity index (χ0n) is 19.3. The number of carbonyl (C=O) groups is 3. The molecule has 0 radical (unpaired) electrons. The Balaban J connectivity index is 2.60. The van der Waals surface area contributed by atoms with Crippen LogP contribution in [-0.4, -0.2) is 46.9 Å². The van der Waals surface area contributed by atoms with Crippen LogP contribution in [0.25, 0.3) is 0 Å². The second kappa shape index (κ2) is 12.3. The van der Waals surface area contributed by atoms with E-state index in [0.717, 1.165) is 5.56 Å². The Hall–Kier alpha value is -2.61. The van der Waals surface area contributed by atoms with Crippen molar-refractivity contribution in [2.45, 2.75) is 84.8 Å². The SMILES string of the molecule is CC(C)C[C@H](NC(=O)OCc1ccccc1)[C@@H](O)CC(=O)N[C@@H](C)C(=O)OC(C)(C)C. The summed E-state index contributed by atoms with van der Waals surface area (Å²) in [5, 5.41) is 15.7. The van der Waals surface area contributed by atoms with Crippen LogP contribution in [0.5, 0.6) is 0 Å². The maximum Gasteiger partial charge on any atom is 0.407 e. The minimum Gasteiger partial charge on any atom is -0.458 e. The molecule has 0 saturated carbocycles. The van der Waals surface area contributed by atoms with E-state index in [1.54, 1.807) is 20.8 Å². The van der Waals surface area contributed by atoms with Crippen LogP contribution < -0.4 is 10.6 Å². The molecule has 0 fully saturated rings. The first-order valence-electron chi connectivity index (χ1n) is 10.5. The van der Waals surface area contributed by atoms with E-state index in [4.69, 9.17) is 9.47 Å². The molecule has 2 amide bonds. The summed E-state index contributed by atoms with van der Waals surface area (Å²) in [6.07, 6.45) is -1.63. The lowest BCUT2D eigenvalue weighted by molar-refractivity contribution is -0.158. The third-order valence-electron chi connectivity index (χ3n) is 4.24. The molecule has 0 bridgehead atoms. The van der Waals surface area contributed by atoms with Crippen LogP contribution in [0.15, 0.2) is 30.3 Å². The Labute approximate surface area is 184 Å². The number of aliphatic hydroxyl groups is 1. The van der Waals surface area contributed by atoms with E-state index >= 15 is 0 Å². The lowest BCUT2D eigenvalue weighted by Crippen LogP contribution is -2.48. The van der Waals surface area contributed by atoms with E-state index < -0.39 is 41.8 Å². The number of rotatable bonds is 10. The minimum atomic E-state index is -1.14. The second-order valence-electron chi connectivity index (χ2n) is 9.04. The number of hydrogen-bond donors (Lipinski definition) is 3. The normalized spacial score (nSPS) is 14.3. The predicted octanol–water partition coefficient (Wildman–Crippen LogP) is 2.92. The standard InChI is InChI=1S/C23H36N2O6/c1-15(2)12-18(25-22(29)30-14-17-10-8-7-9-11-17)19(26)13-20(27)24-16(3)21(28)31-23(4,5)6/h7-11,15-16,18-19,26H,12-14H2,1-6H3,(H,24,27)(H,25,29)/t16-,18-,19-/m0/s1. The van der Waals surface area contributed by atoms with Gasteiger partial charge in [0.1, 0.15) is 18.2 Å². The highest BCUT2D eigenvalue weighted by Gasteiger charge is 2.28. The quantitative estimate of drug-likeness (QED) is 0.486. The lowest BCUT2D eigenvalue weighted by atomic mass is 9.97. The highest BCUT2D eigenvalue weighted by atomic mass is 16.6. The van der Waals surface area contributed by atoms with Gasteiger partial charge in [-0.2, -0.15) is 0 Å². The molecule has 1 rings (SSSR count). The van der Waals surface area contributed by atoms with Gasteiger partial charge in [0.25, 0.3) is 0 Å². The number of esters is 1. The Morgan fingerprint density at radius 3 is 2.19 bits per heavy atom. The van der Waals surface area contributed by atoms with Crippen LogP contribution in [0, 0.1) is 5.92 Å². The number of nitrogens with one attached hydrogen (secondary N) is 2. The van der Waals surface area contributed by atoms with Crippen molar-refractivity contribution in [2.75, 3.05) is 0 Å². The summed E-state index contributed by atoms with van der Waals surface area (Å²) >= 11 is 0. The lowest BCUT2D eigenvalue weighted by Gasteiger charge is -2.26. The molecular weight excluding hydrogens is 400 g/mol. The number of ether oxygens (including phenoxy) is 2. The van der Waals surface area contributed by atoms with E-state index in [-0.39, 0.29) is 18.9 Å². The van der Waals surface area contributed by atoms with Gasteiger partial charge in [0.2, 0.25) is 5.91 Å². The molecule has 8 nitrogen and oxygen atoms in total. The van der Waals surface area contributed by atoms with Crippen LogP contribution >= 0.6 is 0 Å². The van der Waals surface area contributed by atoms with Crippen molar-refractivity contribution < 1.29 is 29.0 Å². The molecule has 174 valence electrons. The largest absolute Gasteiger partial charge is 0.458 e. The zero-order valence-corrected chi connectivity index (χ0v) is 19.3. The van der Waals surface area contributed by atoms with E-state index in [1.165, 1.54) is 6.92 Å². The van der Waals surface area contributed by atoms with Gasteiger partial charge in [0, 0.05) is 0 Å². The minimum absolute atomic E-state index is 0.102. The zero-order chi connectivity index (χ0) is 23.6. The van der Waals surface area contributed by atoms with Crippen molar-refractivity contribution >= 4 is 18.0 Å². The van der Waals surface area contributed by atoms with Gasteiger partial charge in [0.05, 0.1) is 18.6 Å². The summed E-state index contributed by atoms with van der Waals surface area (Å²) in [5.41, 5.74) is 0.177. The van der Waals surface area contributed by atoms with Crippen LogP contribution in [-0.2, 0) is 25.7 Å². The molecule has 3 N–H and O–H groups in total. The van der Waals surface area contributed by atoms with Crippen LogP contribution in [0.3, 0.4) is 0 Å². The van der Waals surface area contributed by atoms with Gasteiger partial charge in [0.15, 0.2) is 0 Å². The monoisotopic (exact) mass is 436 g/mol. The van der Waals surface area contributed by atoms with Crippen LogP contribution in [0.1, 0.15) is 59.9 Å². The van der Waals surface area contributed by atoms with Gasteiger partial charge in [-0.15, -0.1) is 0 Å². The average Bonchev–Trinajstić information content (AvgIpc) is 2.64. The second-order valence-corrected chi connectivity index (χ2v) is 9.04. The molecule has 0 spiro atoms. The van der Waals surface area contributed by atoms with Crippen molar-refractivity contribution in [1.29, 1.82) is 0 Å². The fourth-order valence-electron chi connectivity index (χ4n) is 2.82. The molecule has 31 heavy (non-hydrogen) atoms. The summed E-state index contributed by atoms with van der Waals surface area (Å²) in [7, 11) is 0. The fourth-order valence-corrected chi connectivity index (χ4v) is 2.82. The molecule has 0 heterocycles. The number of aliphatic hydroxyl groups excluding tert-OH is 1. The summed E-state index contributed by atoms with van der Waals surface area (Å²) in [4.78, 5) is 36.5. The fraction of sp³-hybridized carbons (Fsp3) is 0.609. The number of hydrogen-bond acceptors (Lipinski definition) is 6. The number of amides is 2. The molecule has 8 heteroatoms. The van der Waals surface area contributed by atoms with Crippen molar-refractivity contribution in [3.63, 3.8) is 0 Å². The average molecular weight is 437 g/mol. The smallest absolute Gasteiger partial charge is 0.407 e. The highest BCUT2D eigenvalue weighted by molar-refractivity contribution is 5.84. The molecule has 0 aliphatic rings. The van der Waals surface area contributed by atoms with Crippen molar-refractivity contribution in [2.24, 2.45) is 5.92 Å². The van der Waals surface area contributed by atoms with Crippen molar-refractivity contribution in [3.8, 4) is 0 Å². The summed E-state index contributed by atoms with van der Waals surface area (Å²) in [6, 6.07) is 7.70. The third kappa shape index (κ3) is 11.4. The molecule has 1 aromatic carbocycles. The molecule has 0 aliphatic heterocycles. The summed E-state index contributed by atoms with van der Waals surface area (Å²) in [5.74, 6) is -0.909. The molecule has 0 saturated heterocycles.